The molecule has 2 bridgehead atoms. The second kappa shape index (κ2) is 7.42. The van der Waals surface area contributed by atoms with E-state index in [4.69, 9.17) is 0 Å². The average molecular weight is 370 g/mol. The predicted molar refractivity (Wildman–Crippen MR) is 96.8 cm³/mol. The lowest BCUT2D eigenvalue weighted by molar-refractivity contribution is -0.135. The number of halogens is 1. The maximum Gasteiger partial charge on any atom is 0.264 e. The number of carbonyl (C=O) groups is 2. The molecular formula is C17H24ClN3O2S. The molecule has 2 amide bonds. The van der Waals surface area contributed by atoms with Gasteiger partial charge in [0.05, 0.1) is 4.88 Å². The lowest BCUT2D eigenvalue weighted by Gasteiger charge is -2.31. The number of hydrogen-bond acceptors (Lipinski definition) is 4. The third-order valence-corrected chi connectivity index (χ3v) is 6.22. The van der Waals surface area contributed by atoms with Crippen LogP contribution in [0.5, 0.6) is 0 Å². The van der Waals surface area contributed by atoms with Crippen LogP contribution in [0.2, 0.25) is 0 Å². The van der Waals surface area contributed by atoms with Crippen molar-refractivity contribution in [1.82, 2.24) is 15.1 Å². The molecular weight excluding hydrogens is 346 g/mol. The minimum Gasteiger partial charge on any atom is -0.339 e. The van der Waals surface area contributed by atoms with Crippen LogP contribution in [-0.4, -0.2) is 59.4 Å². The van der Waals surface area contributed by atoms with Gasteiger partial charge in [0.25, 0.3) is 5.91 Å². The van der Waals surface area contributed by atoms with Gasteiger partial charge in [-0.1, -0.05) is 6.07 Å². The van der Waals surface area contributed by atoms with Gasteiger partial charge in [-0.25, -0.2) is 0 Å². The van der Waals surface area contributed by atoms with Crippen molar-refractivity contribution < 1.29 is 9.59 Å². The summed E-state index contributed by atoms with van der Waals surface area (Å²) in [6, 6.07) is 4.49. The van der Waals surface area contributed by atoms with Crippen LogP contribution in [0, 0.1) is 0 Å². The van der Waals surface area contributed by atoms with E-state index in [2.05, 4.69) is 5.32 Å². The minimum absolute atomic E-state index is 0. The fraction of sp³-hybridized carbons (Fsp3) is 0.647. The molecule has 3 saturated heterocycles. The standard InChI is InChI=1S/C17H23N3O2S.ClH/c21-16(19-9-7-12-5-6-13(11-19)18-12)14-3-1-8-20(14)17(22)15-4-2-10-23-15;/h2,4,10,12-14,18H,1,3,5-9,11H2;1H. The van der Waals surface area contributed by atoms with Crippen LogP contribution in [0.25, 0.3) is 0 Å². The Morgan fingerprint density at radius 3 is 2.75 bits per heavy atom. The van der Waals surface area contributed by atoms with Gasteiger partial charge in [0.1, 0.15) is 6.04 Å². The van der Waals surface area contributed by atoms with Crippen molar-refractivity contribution in [2.45, 2.75) is 50.2 Å². The fourth-order valence-electron chi connectivity index (χ4n) is 4.16. The Labute approximate surface area is 152 Å². The number of nitrogens with zero attached hydrogens (tertiary/aromatic N) is 2. The molecule has 3 aliphatic heterocycles. The van der Waals surface area contributed by atoms with Crippen LogP contribution in [0.3, 0.4) is 0 Å². The van der Waals surface area contributed by atoms with Crippen LogP contribution in [0.4, 0.5) is 0 Å². The van der Waals surface area contributed by atoms with Gasteiger partial charge >= 0.3 is 0 Å². The van der Waals surface area contributed by atoms with Gasteiger partial charge in [0.15, 0.2) is 0 Å². The molecule has 1 aromatic heterocycles. The average Bonchev–Trinajstić information content (AvgIpc) is 3.26. The zero-order valence-electron chi connectivity index (χ0n) is 13.6. The van der Waals surface area contributed by atoms with Gasteiger partial charge in [-0.2, -0.15) is 0 Å². The van der Waals surface area contributed by atoms with Crippen molar-refractivity contribution in [1.29, 1.82) is 0 Å². The van der Waals surface area contributed by atoms with Gasteiger partial charge in [0.2, 0.25) is 5.91 Å². The Bertz CT molecular complexity index is 595. The number of carbonyl (C=O) groups excluding carboxylic acids is 2. The molecule has 1 aromatic rings. The number of rotatable bonds is 2. The molecule has 4 rings (SSSR count). The molecule has 0 radical (unpaired) electrons. The van der Waals surface area contributed by atoms with E-state index in [9.17, 15) is 9.59 Å². The minimum atomic E-state index is -0.263. The van der Waals surface area contributed by atoms with E-state index in [-0.39, 0.29) is 30.3 Å². The molecule has 3 unspecified atom stereocenters. The topological polar surface area (TPSA) is 52.7 Å². The quantitative estimate of drug-likeness (QED) is 0.868. The van der Waals surface area contributed by atoms with Crippen LogP contribution in [0.1, 0.15) is 41.8 Å². The molecule has 3 fully saturated rings. The molecule has 5 nitrogen and oxygen atoms in total. The monoisotopic (exact) mass is 369 g/mol. The van der Waals surface area contributed by atoms with E-state index < -0.39 is 0 Å². The third-order valence-electron chi connectivity index (χ3n) is 5.37. The Hall–Kier alpha value is -1.11. The van der Waals surface area contributed by atoms with E-state index in [0.717, 1.165) is 43.6 Å². The summed E-state index contributed by atoms with van der Waals surface area (Å²) in [6.07, 6.45) is 5.16. The summed E-state index contributed by atoms with van der Waals surface area (Å²) >= 11 is 1.45. The zero-order valence-corrected chi connectivity index (χ0v) is 15.3. The van der Waals surface area contributed by atoms with E-state index in [1.54, 1.807) is 4.90 Å². The first-order chi connectivity index (χ1) is 11.2. The summed E-state index contributed by atoms with van der Waals surface area (Å²) < 4.78 is 0. The lowest BCUT2D eigenvalue weighted by atomic mass is 10.1. The van der Waals surface area contributed by atoms with E-state index >= 15 is 0 Å². The van der Waals surface area contributed by atoms with Crippen molar-refractivity contribution in [3.8, 4) is 0 Å². The molecule has 4 heterocycles. The Balaban J connectivity index is 0.00000169. The Morgan fingerprint density at radius 2 is 1.96 bits per heavy atom. The van der Waals surface area contributed by atoms with Gasteiger partial charge < -0.3 is 15.1 Å². The largest absolute Gasteiger partial charge is 0.339 e. The summed E-state index contributed by atoms with van der Waals surface area (Å²) in [5.41, 5.74) is 0. The number of amides is 2. The highest BCUT2D eigenvalue weighted by atomic mass is 35.5. The second-order valence-electron chi connectivity index (χ2n) is 6.84. The van der Waals surface area contributed by atoms with Gasteiger partial charge in [-0.3, -0.25) is 9.59 Å². The molecule has 1 N–H and O–H groups in total. The van der Waals surface area contributed by atoms with E-state index in [1.165, 1.54) is 17.8 Å². The predicted octanol–water partition coefficient (Wildman–Crippen LogP) is 2.13. The number of fused-ring (bicyclic) bond motifs is 2. The van der Waals surface area contributed by atoms with Crippen molar-refractivity contribution in [2.75, 3.05) is 19.6 Å². The molecule has 3 atom stereocenters. The highest BCUT2D eigenvalue weighted by Gasteiger charge is 2.39. The highest BCUT2D eigenvalue weighted by molar-refractivity contribution is 7.12. The normalized spacial score (nSPS) is 29.2. The van der Waals surface area contributed by atoms with Gasteiger partial charge in [-0.15, -0.1) is 23.7 Å². The Morgan fingerprint density at radius 1 is 1.12 bits per heavy atom. The van der Waals surface area contributed by atoms with Gasteiger partial charge in [-0.05, 0) is 43.6 Å². The van der Waals surface area contributed by atoms with Crippen molar-refractivity contribution in [3.63, 3.8) is 0 Å². The first-order valence-electron chi connectivity index (χ1n) is 8.61. The fourth-order valence-corrected chi connectivity index (χ4v) is 4.84. The highest BCUT2D eigenvalue weighted by Crippen LogP contribution is 2.26. The second-order valence-corrected chi connectivity index (χ2v) is 7.79. The molecule has 3 aliphatic rings. The molecule has 0 aromatic carbocycles. The first-order valence-corrected chi connectivity index (χ1v) is 9.49. The maximum atomic E-state index is 13.0. The van der Waals surface area contributed by atoms with Crippen LogP contribution in [-0.2, 0) is 4.79 Å². The van der Waals surface area contributed by atoms with E-state index in [1.807, 2.05) is 22.4 Å². The molecule has 24 heavy (non-hydrogen) atoms. The summed E-state index contributed by atoms with van der Waals surface area (Å²) in [7, 11) is 0. The molecule has 0 saturated carbocycles. The van der Waals surface area contributed by atoms with Crippen molar-refractivity contribution >= 4 is 35.6 Å². The summed E-state index contributed by atoms with van der Waals surface area (Å²) in [5.74, 6) is 0.173. The van der Waals surface area contributed by atoms with E-state index in [0.29, 0.717) is 18.6 Å². The summed E-state index contributed by atoms with van der Waals surface area (Å²) in [4.78, 5) is 30.2. The summed E-state index contributed by atoms with van der Waals surface area (Å²) in [6.45, 7) is 2.32. The van der Waals surface area contributed by atoms with Gasteiger partial charge in [0, 0.05) is 31.7 Å². The Kier molecular flexibility index (Phi) is 5.47. The maximum absolute atomic E-state index is 13.0. The van der Waals surface area contributed by atoms with Crippen LogP contribution >= 0.6 is 23.7 Å². The van der Waals surface area contributed by atoms with Crippen molar-refractivity contribution in [2.24, 2.45) is 0 Å². The first kappa shape index (κ1) is 17.7. The van der Waals surface area contributed by atoms with Crippen LogP contribution < -0.4 is 5.32 Å². The summed E-state index contributed by atoms with van der Waals surface area (Å²) in [5, 5.41) is 5.53. The number of hydrogen-bond donors (Lipinski definition) is 1. The smallest absolute Gasteiger partial charge is 0.264 e. The zero-order chi connectivity index (χ0) is 15.8. The van der Waals surface area contributed by atoms with Crippen molar-refractivity contribution in [3.05, 3.63) is 22.4 Å². The number of likely N-dealkylation sites (tertiary alicyclic amines) is 2. The molecule has 0 aliphatic carbocycles. The van der Waals surface area contributed by atoms with Crippen LogP contribution in [0.15, 0.2) is 17.5 Å². The lowest BCUT2D eigenvalue weighted by Crippen LogP contribution is -2.49. The SMILES string of the molecule is Cl.O=C(C1CCCN1C(=O)c1cccs1)N1CCC2CCC(C1)N2. The number of nitrogens with one attached hydrogen (secondary N) is 1. The third kappa shape index (κ3) is 3.32. The molecule has 7 heteroatoms. The molecule has 132 valence electrons. The molecule has 0 spiro atoms. The number of thiophene rings is 1.